The Morgan fingerprint density at radius 2 is 2.07 bits per heavy atom. The van der Waals surface area contributed by atoms with Crippen molar-refractivity contribution in [3.05, 3.63) is 64.4 Å². The van der Waals surface area contributed by atoms with Crippen LogP contribution in [-0.4, -0.2) is 31.6 Å². The lowest BCUT2D eigenvalue weighted by atomic mass is 10.0. The van der Waals surface area contributed by atoms with Crippen LogP contribution in [0.5, 0.6) is 11.5 Å². The van der Waals surface area contributed by atoms with Crippen LogP contribution in [0.2, 0.25) is 5.02 Å². The van der Waals surface area contributed by atoms with Gasteiger partial charge in [0.25, 0.3) is 0 Å². The minimum Gasteiger partial charge on any atom is -0.497 e. The van der Waals surface area contributed by atoms with Crippen molar-refractivity contribution in [2.75, 3.05) is 20.8 Å². The average Bonchev–Trinajstić information content (AvgIpc) is 3.16. The molecule has 1 atom stereocenters. The Morgan fingerprint density at radius 3 is 2.78 bits per heavy atom. The van der Waals surface area contributed by atoms with Gasteiger partial charge in [-0.3, -0.25) is 4.79 Å². The number of likely N-dealkylation sites (tertiary alicyclic amines) is 1. The number of rotatable bonds is 5. The maximum Gasteiger partial charge on any atom is 0.247 e. The summed E-state index contributed by atoms with van der Waals surface area (Å²) < 4.78 is 24.6. The summed E-state index contributed by atoms with van der Waals surface area (Å²) >= 11 is 6.02. The van der Waals surface area contributed by atoms with E-state index in [0.717, 1.165) is 18.4 Å². The lowest BCUT2D eigenvalue weighted by Crippen LogP contribution is -2.29. The van der Waals surface area contributed by atoms with E-state index < -0.39 is 5.82 Å². The van der Waals surface area contributed by atoms with Gasteiger partial charge in [-0.1, -0.05) is 17.7 Å². The van der Waals surface area contributed by atoms with Gasteiger partial charge in [-0.05, 0) is 43.2 Å². The summed E-state index contributed by atoms with van der Waals surface area (Å²) in [5, 5.41) is 0.272. The lowest BCUT2D eigenvalue weighted by Gasteiger charge is -2.25. The molecule has 2 aromatic carbocycles. The van der Waals surface area contributed by atoms with Gasteiger partial charge in [0.15, 0.2) is 0 Å². The van der Waals surface area contributed by atoms with E-state index in [9.17, 15) is 9.18 Å². The molecule has 4 nitrogen and oxygen atoms in total. The summed E-state index contributed by atoms with van der Waals surface area (Å²) in [7, 11) is 3.19. The highest BCUT2D eigenvalue weighted by atomic mass is 35.5. The van der Waals surface area contributed by atoms with Crippen LogP contribution in [-0.2, 0) is 4.79 Å². The number of methoxy groups -OCH3 is 2. The van der Waals surface area contributed by atoms with Gasteiger partial charge in [0.2, 0.25) is 5.91 Å². The van der Waals surface area contributed by atoms with E-state index in [-0.39, 0.29) is 22.5 Å². The number of hydrogen-bond acceptors (Lipinski definition) is 3. The minimum absolute atomic E-state index is 0.0981. The summed E-state index contributed by atoms with van der Waals surface area (Å²) in [6.45, 7) is 0.633. The van der Waals surface area contributed by atoms with Crippen molar-refractivity contribution in [3.63, 3.8) is 0 Å². The maximum atomic E-state index is 13.9. The summed E-state index contributed by atoms with van der Waals surface area (Å²) in [6, 6.07) is 9.93. The molecule has 2 aromatic rings. The van der Waals surface area contributed by atoms with Crippen LogP contribution in [0.1, 0.15) is 30.0 Å². The van der Waals surface area contributed by atoms with Crippen LogP contribution in [0.4, 0.5) is 4.39 Å². The second-order valence-corrected chi connectivity index (χ2v) is 6.67. The first-order valence-electron chi connectivity index (χ1n) is 8.69. The number of hydrogen-bond donors (Lipinski definition) is 0. The van der Waals surface area contributed by atoms with E-state index in [1.54, 1.807) is 25.2 Å². The van der Waals surface area contributed by atoms with Crippen LogP contribution in [0.3, 0.4) is 0 Å². The molecule has 0 saturated carbocycles. The van der Waals surface area contributed by atoms with Gasteiger partial charge < -0.3 is 14.4 Å². The third-order valence-electron chi connectivity index (χ3n) is 4.73. The first-order chi connectivity index (χ1) is 13.0. The Kier molecular flexibility index (Phi) is 6.01. The van der Waals surface area contributed by atoms with Gasteiger partial charge in [0.05, 0.1) is 25.3 Å². The highest BCUT2D eigenvalue weighted by molar-refractivity contribution is 6.32. The van der Waals surface area contributed by atoms with Crippen molar-refractivity contribution >= 4 is 23.6 Å². The standard InChI is InChI=1S/C21H21ClFNO3/c1-26-14-8-9-16(20(13-14)27-2)19-7-4-12-24(19)21(25)11-10-15-17(22)5-3-6-18(15)23/h3,5-6,8-11,13,19H,4,7,12H2,1-2H3. The van der Waals surface area contributed by atoms with Crippen molar-refractivity contribution in [2.24, 2.45) is 0 Å². The van der Waals surface area contributed by atoms with E-state index in [4.69, 9.17) is 21.1 Å². The summed E-state index contributed by atoms with van der Waals surface area (Å²) in [5.74, 6) is 0.733. The molecule has 27 heavy (non-hydrogen) atoms. The maximum absolute atomic E-state index is 13.9. The molecule has 0 radical (unpaired) electrons. The van der Waals surface area contributed by atoms with Crippen molar-refractivity contribution in [1.82, 2.24) is 4.90 Å². The second-order valence-electron chi connectivity index (χ2n) is 6.27. The number of ether oxygens (including phenoxy) is 2. The molecule has 6 heteroatoms. The highest BCUT2D eigenvalue weighted by Gasteiger charge is 2.31. The molecule has 1 amide bonds. The van der Waals surface area contributed by atoms with E-state index in [1.165, 1.54) is 24.3 Å². The molecule has 0 N–H and O–H groups in total. The Morgan fingerprint density at radius 1 is 1.26 bits per heavy atom. The number of halogens is 2. The number of benzene rings is 2. The molecule has 1 fully saturated rings. The molecule has 1 aliphatic heterocycles. The van der Waals surface area contributed by atoms with Crippen molar-refractivity contribution in [3.8, 4) is 11.5 Å². The van der Waals surface area contributed by atoms with Crippen LogP contribution in [0, 0.1) is 5.82 Å². The molecule has 0 aromatic heterocycles. The minimum atomic E-state index is -0.457. The van der Waals surface area contributed by atoms with Crippen molar-refractivity contribution in [1.29, 1.82) is 0 Å². The molecule has 1 aliphatic rings. The predicted octanol–water partition coefficient (Wildman–Crippen LogP) is 4.87. The fourth-order valence-electron chi connectivity index (χ4n) is 3.37. The van der Waals surface area contributed by atoms with Gasteiger partial charge in [-0.15, -0.1) is 0 Å². The quantitative estimate of drug-likeness (QED) is 0.684. The van der Waals surface area contributed by atoms with Crippen LogP contribution in [0.15, 0.2) is 42.5 Å². The summed E-state index contributed by atoms with van der Waals surface area (Å²) in [6.07, 6.45) is 4.53. The van der Waals surface area contributed by atoms with Crippen LogP contribution in [0.25, 0.3) is 6.08 Å². The van der Waals surface area contributed by atoms with E-state index in [1.807, 2.05) is 18.2 Å². The van der Waals surface area contributed by atoms with E-state index in [0.29, 0.717) is 18.0 Å². The molecule has 0 bridgehead atoms. The molecular formula is C21H21ClFNO3. The van der Waals surface area contributed by atoms with Crippen molar-refractivity contribution in [2.45, 2.75) is 18.9 Å². The average molecular weight is 390 g/mol. The molecule has 0 aliphatic carbocycles. The monoisotopic (exact) mass is 389 g/mol. The summed E-state index contributed by atoms with van der Waals surface area (Å²) in [5.41, 5.74) is 1.15. The van der Waals surface area contributed by atoms with Crippen LogP contribution < -0.4 is 9.47 Å². The van der Waals surface area contributed by atoms with Crippen LogP contribution >= 0.6 is 11.6 Å². The Bertz CT molecular complexity index is 848. The van der Waals surface area contributed by atoms with Crippen molar-refractivity contribution < 1.29 is 18.7 Å². The molecule has 142 valence electrons. The number of carbonyl (C=O) groups excluding carboxylic acids is 1. The molecule has 1 heterocycles. The Hall–Kier alpha value is -2.53. The molecule has 1 saturated heterocycles. The number of nitrogens with zero attached hydrogens (tertiary/aromatic N) is 1. The van der Waals surface area contributed by atoms with Gasteiger partial charge in [0, 0.05) is 29.8 Å². The zero-order chi connectivity index (χ0) is 19.4. The first-order valence-corrected chi connectivity index (χ1v) is 9.07. The van der Waals surface area contributed by atoms with E-state index >= 15 is 0 Å². The van der Waals surface area contributed by atoms with Gasteiger partial charge in [-0.2, -0.15) is 0 Å². The van der Waals surface area contributed by atoms with Gasteiger partial charge in [0.1, 0.15) is 17.3 Å². The fourth-order valence-corrected chi connectivity index (χ4v) is 3.59. The zero-order valence-corrected chi connectivity index (χ0v) is 16.0. The third-order valence-corrected chi connectivity index (χ3v) is 5.06. The first kappa shape index (κ1) is 19.2. The number of carbonyl (C=O) groups is 1. The highest BCUT2D eigenvalue weighted by Crippen LogP contribution is 2.38. The topological polar surface area (TPSA) is 38.8 Å². The Labute approximate surface area is 163 Å². The third kappa shape index (κ3) is 4.08. The zero-order valence-electron chi connectivity index (χ0n) is 15.2. The number of amides is 1. The van der Waals surface area contributed by atoms with E-state index in [2.05, 4.69) is 0 Å². The normalized spacial score (nSPS) is 16.7. The lowest BCUT2D eigenvalue weighted by molar-refractivity contribution is -0.126. The molecule has 3 rings (SSSR count). The molecule has 0 spiro atoms. The molecular weight excluding hydrogens is 369 g/mol. The SMILES string of the molecule is COc1ccc(C2CCCN2C(=O)C=Cc2c(F)cccc2Cl)c(OC)c1. The largest absolute Gasteiger partial charge is 0.497 e. The summed E-state index contributed by atoms with van der Waals surface area (Å²) in [4.78, 5) is 14.5. The second kappa shape index (κ2) is 8.44. The van der Waals surface area contributed by atoms with Gasteiger partial charge in [-0.25, -0.2) is 4.39 Å². The van der Waals surface area contributed by atoms with Gasteiger partial charge >= 0.3 is 0 Å². The fraction of sp³-hybridized carbons (Fsp3) is 0.286. The Balaban J connectivity index is 1.84. The molecule has 1 unspecified atom stereocenters. The smallest absolute Gasteiger partial charge is 0.247 e. The predicted molar refractivity (Wildman–Crippen MR) is 104 cm³/mol.